The fraction of sp³-hybridized carbons (Fsp3) is 0.182. The number of rotatable bonds is 3. The van der Waals surface area contributed by atoms with Crippen LogP contribution in [0.25, 0.3) is 6.08 Å². The third-order valence-electron chi connectivity index (χ3n) is 1.71. The van der Waals surface area contributed by atoms with Gasteiger partial charge in [-0.2, -0.15) is 0 Å². The van der Waals surface area contributed by atoms with Gasteiger partial charge < -0.3 is 4.74 Å². The smallest absolute Gasteiger partial charge is 0.152 e. The SMILES string of the molecule is COc1ccc(/C=C/C(C)=O)c(Br)c1. The number of halogens is 1. The van der Waals surface area contributed by atoms with Crippen LogP contribution in [0.1, 0.15) is 12.5 Å². The van der Waals surface area contributed by atoms with Gasteiger partial charge in [0.25, 0.3) is 0 Å². The van der Waals surface area contributed by atoms with Crippen molar-refractivity contribution < 1.29 is 9.53 Å². The molecule has 0 N–H and O–H groups in total. The molecule has 0 fully saturated rings. The molecule has 0 atom stereocenters. The van der Waals surface area contributed by atoms with Gasteiger partial charge in [0.1, 0.15) is 5.75 Å². The molecule has 1 rings (SSSR count). The minimum Gasteiger partial charge on any atom is -0.497 e. The van der Waals surface area contributed by atoms with Crippen LogP contribution < -0.4 is 4.74 Å². The van der Waals surface area contributed by atoms with Crippen molar-refractivity contribution in [2.75, 3.05) is 7.11 Å². The van der Waals surface area contributed by atoms with Gasteiger partial charge >= 0.3 is 0 Å². The maximum atomic E-state index is 10.7. The molecule has 0 aliphatic carbocycles. The molecule has 0 saturated heterocycles. The number of hydrogen-bond donors (Lipinski definition) is 0. The van der Waals surface area contributed by atoms with Gasteiger partial charge in [0, 0.05) is 4.47 Å². The van der Waals surface area contributed by atoms with Crippen molar-refractivity contribution in [2.45, 2.75) is 6.92 Å². The Kier molecular flexibility index (Phi) is 3.89. The fourth-order valence-electron chi connectivity index (χ4n) is 0.977. The molecule has 0 aromatic heterocycles. The molecular weight excluding hydrogens is 244 g/mol. The van der Waals surface area contributed by atoms with Crippen LogP contribution in [-0.2, 0) is 4.79 Å². The van der Waals surface area contributed by atoms with Crippen molar-refractivity contribution in [3.05, 3.63) is 34.3 Å². The summed E-state index contributed by atoms with van der Waals surface area (Å²) in [5, 5.41) is 0. The maximum absolute atomic E-state index is 10.7. The van der Waals surface area contributed by atoms with Crippen molar-refractivity contribution in [3.8, 4) is 5.75 Å². The monoisotopic (exact) mass is 254 g/mol. The Hall–Kier alpha value is -1.09. The van der Waals surface area contributed by atoms with Crippen molar-refractivity contribution >= 4 is 27.8 Å². The summed E-state index contributed by atoms with van der Waals surface area (Å²) in [5.74, 6) is 0.824. The Morgan fingerprint density at radius 3 is 2.71 bits per heavy atom. The molecule has 2 nitrogen and oxygen atoms in total. The maximum Gasteiger partial charge on any atom is 0.152 e. The molecule has 1 aromatic rings. The first-order valence-corrected chi connectivity index (χ1v) is 4.95. The van der Waals surface area contributed by atoms with E-state index in [1.165, 1.54) is 13.0 Å². The summed E-state index contributed by atoms with van der Waals surface area (Å²) in [5.41, 5.74) is 0.959. The van der Waals surface area contributed by atoms with Crippen LogP contribution in [0.15, 0.2) is 28.7 Å². The first-order chi connectivity index (χ1) is 6.63. The lowest BCUT2D eigenvalue weighted by Gasteiger charge is -2.02. The van der Waals surface area contributed by atoms with E-state index in [1.807, 2.05) is 18.2 Å². The lowest BCUT2D eigenvalue weighted by atomic mass is 10.2. The van der Waals surface area contributed by atoms with Gasteiger partial charge in [-0.05, 0) is 30.7 Å². The highest BCUT2D eigenvalue weighted by molar-refractivity contribution is 9.10. The molecule has 3 heteroatoms. The van der Waals surface area contributed by atoms with E-state index in [1.54, 1.807) is 13.2 Å². The molecule has 0 unspecified atom stereocenters. The highest BCUT2D eigenvalue weighted by atomic mass is 79.9. The Labute approximate surface area is 91.7 Å². The number of hydrogen-bond acceptors (Lipinski definition) is 2. The van der Waals surface area contributed by atoms with Crippen LogP contribution in [0.2, 0.25) is 0 Å². The van der Waals surface area contributed by atoms with Gasteiger partial charge in [0.2, 0.25) is 0 Å². The molecule has 0 bridgehead atoms. The Morgan fingerprint density at radius 2 is 2.21 bits per heavy atom. The van der Waals surface area contributed by atoms with Gasteiger partial charge in [-0.3, -0.25) is 4.79 Å². The number of allylic oxidation sites excluding steroid dienone is 1. The lowest BCUT2D eigenvalue weighted by molar-refractivity contribution is -0.112. The number of carbonyl (C=O) groups is 1. The summed E-state index contributed by atoms with van der Waals surface area (Å²) < 4.78 is 5.97. The largest absolute Gasteiger partial charge is 0.497 e. The molecule has 14 heavy (non-hydrogen) atoms. The summed E-state index contributed by atoms with van der Waals surface area (Å²) in [7, 11) is 1.62. The van der Waals surface area contributed by atoms with E-state index in [0.717, 1.165) is 15.8 Å². The van der Waals surface area contributed by atoms with E-state index >= 15 is 0 Å². The third kappa shape index (κ3) is 3.00. The van der Waals surface area contributed by atoms with E-state index in [-0.39, 0.29) is 5.78 Å². The Morgan fingerprint density at radius 1 is 1.50 bits per heavy atom. The molecule has 74 valence electrons. The number of benzene rings is 1. The van der Waals surface area contributed by atoms with E-state index < -0.39 is 0 Å². The predicted octanol–water partition coefficient (Wildman–Crippen LogP) is 3.06. The molecule has 1 aromatic carbocycles. The number of ketones is 1. The average Bonchev–Trinajstić information content (AvgIpc) is 2.15. The summed E-state index contributed by atoms with van der Waals surface area (Å²) in [4.78, 5) is 10.7. The molecule has 0 radical (unpaired) electrons. The van der Waals surface area contributed by atoms with E-state index in [0.29, 0.717) is 0 Å². The molecular formula is C11H11BrO2. The highest BCUT2D eigenvalue weighted by Crippen LogP contribution is 2.23. The summed E-state index contributed by atoms with van der Waals surface area (Å²) in [6.45, 7) is 1.52. The van der Waals surface area contributed by atoms with Gasteiger partial charge in [0.05, 0.1) is 7.11 Å². The third-order valence-corrected chi connectivity index (χ3v) is 2.39. The minimum atomic E-state index is 0.0349. The second-order valence-corrected chi connectivity index (χ2v) is 3.69. The summed E-state index contributed by atoms with van der Waals surface area (Å²) in [6, 6.07) is 5.60. The number of ether oxygens (including phenoxy) is 1. The van der Waals surface area contributed by atoms with Crippen LogP contribution in [0, 0.1) is 0 Å². The van der Waals surface area contributed by atoms with E-state index in [2.05, 4.69) is 15.9 Å². The number of methoxy groups -OCH3 is 1. The molecule has 0 spiro atoms. The number of carbonyl (C=O) groups excluding carboxylic acids is 1. The van der Waals surface area contributed by atoms with Crippen molar-refractivity contribution in [1.82, 2.24) is 0 Å². The molecule has 0 heterocycles. The van der Waals surface area contributed by atoms with Crippen LogP contribution in [0.3, 0.4) is 0 Å². The van der Waals surface area contributed by atoms with Gasteiger partial charge in [-0.25, -0.2) is 0 Å². The van der Waals surface area contributed by atoms with Gasteiger partial charge in [-0.15, -0.1) is 0 Å². The zero-order valence-corrected chi connectivity index (χ0v) is 9.67. The lowest BCUT2D eigenvalue weighted by Crippen LogP contribution is -1.85. The van der Waals surface area contributed by atoms with Crippen LogP contribution >= 0.6 is 15.9 Å². The van der Waals surface area contributed by atoms with Crippen LogP contribution in [0.4, 0.5) is 0 Å². The van der Waals surface area contributed by atoms with E-state index in [4.69, 9.17) is 4.74 Å². The van der Waals surface area contributed by atoms with Gasteiger partial charge in [-0.1, -0.05) is 28.1 Å². The average molecular weight is 255 g/mol. The van der Waals surface area contributed by atoms with E-state index in [9.17, 15) is 4.79 Å². The van der Waals surface area contributed by atoms with Crippen molar-refractivity contribution in [1.29, 1.82) is 0 Å². The fourth-order valence-corrected chi connectivity index (χ4v) is 1.47. The van der Waals surface area contributed by atoms with Gasteiger partial charge in [0.15, 0.2) is 5.78 Å². The Balaban J connectivity index is 2.94. The van der Waals surface area contributed by atoms with Crippen molar-refractivity contribution in [3.63, 3.8) is 0 Å². The zero-order chi connectivity index (χ0) is 10.6. The van der Waals surface area contributed by atoms with Crippen LogP contribution in [-0.4, -0.2) is 12.9 Å². The summed E-state index contributed by atoms with van der Waals surface area (Å²) >= 11 is 3.40. The molecule has 0 amide bonds. The molecule has 0 saturated carbocycles. The predicted molar refractivity (Wildman–Crippen MR) is 60.4 cm³/mol. The second kappa shape index (κ2) is 4.96. The standard InChI is InChI=1S/C11H11BrO2/c1-8(13)3-4-9-5-6-10(14-2)7-11(9)12/h3-7H,1-2H3/b4-3+. The summed E-state index contributed by atoms with van der Waals surface area (Å²) in [6.07, 6.45) is 3.30. The molecule has 0 aliphatic heterocycles. The first kappa shape index (κ1) is 11.0. The minimum absolute atomic E-state index is 0.0349. The first-order valence-electron chi connectivity index (χ1n) is 4.15. The quantitative estimate of drug-likeness (QED) is 0.776. The molecule has 0 aliphatic rings. The highest BCUT2D eigenvalue weighted by Gasteiger charge is 1.98. The van der Waals surface area contributed by atoms with Crippen molar-refractivity contribution in [2.24, 2.45) is 0 Å². The Bertz CT molecular complexity index is 370. The second-order valence-electron chi connectivity index (χ2n) is 2.83. The normalized spacial score (nSPS) is 10.5. The topological polar surface area (TPSA) is 26.3 Å². The van der Waals surface area contributed by atoms with Crippen LogP contribution in [0.5, 0.6) is 5.75 Å². The zero-order valence-electron chi connectivity index (χ0n) is 8.08.